The van der Waals surface area contributed by atoms with E-state index in [0.717, 1.165) is 24.6 Å². The molecule has 0 aromatic heterocycles. The first kappa shape index (κ1) is 12.4. The van der Waals surface area contributed by atoms with Gasteiger partial charge in [0.15, 0.2) is 0 Å². The topological polar surface area (TPSA) is 49.5 Å². The van der Waals surface area contributed by atoms with Crippen molar-refractivity contribution in [3.8, 4) is 0 Å². The molecule has 94 valence electrons. The second-order valence-electron chi connectivity index (χ2n) is 5.01. The molecule has 0 amide bonds. The van der Waals surface area contributed by atoms with Crippen molar-refractivity contribution in [3.63, 3.8) is 0 Å². The van der Waals surface area contributed by atoms with E-state index in [1.807, 2.05) is 12.1 Å². The van der Waals surface area contributed by atoms with Gasteiger partial charge < -0.3 is 15.7 Å². The summed E-state index contributed by atoms with van der Waals surface area (Å²) in [7, 11) is 0. The molecule has 3 heteroatoms. The lowest BCUT2D eigenvalue weighted by molar-refractivity contribution is 0.187. The average Bonchev–Trinajstić information content (AvgIpc) is 2.39. The number of rotatable bonds is 3. The van der Waals surface area contributed by atoms with Gasteiger partial charge in [0.1, 0.15) is 0 Å². The van der Waals surface area contributed by atoms with Gasteiger partial charge in [0.25, 0.3) is 0 Å². The van der Waals surface area contributed by atoms with Crippen LogP contribution in [-0.2, 0) is 0 Å². The minimum atomic E-state index is -0.537. The molecule has 1 atom stereocenters. The average molecular weight is 234 g/mol. The minimum Gasteiger partial charge on any atom is -0.387 e. The van der Waals surface area contributed by atoms with Gasteiger partial charge in [-0.05, 0) is 36.5 Å². The van der Waals surface area contributed by atoms with Crippen LogP contribution in [0.4, 0.5) is 5.69 Å². The van der Waals surface area contributed by atoms with E-state index in [9.17, 15) is 5.11 Å². The predicted molar refractivity (Wildman–Crippen MR) is 71.1 cm³/mol. The number of hydrogen-bond donors (Lipinski definition) is 2. The molecule has 0 saturated carbocycles. The number of anilines is 1. The van der Waals surface area contributed by atoms with E-state index < -0.39 is 6.10 Å². The van der Waals surface area contributed by atoms with Gasteiger partial charge in [0.2, 0.25) is 0 Å². The molecule has 1 aromatic rings. The molecule has 1 aliphatic rings. The zero-order valence-corrected chi connectivity index (χ0v) is 10.5. The highest BCUT2D eigenvalue weighted by Crippen LogP contribution is 2.24. The Kier molecular flexibility index (Phi) is 4.02. The molecule has 0 aliphatic carbocycles. The first-order chi connectivity index (χ1) is 8.20. The lowest BCUT2D eigenvalue weighted by Crippen LogP contribution is -2.32. The summed E-state index contributed by atoms with van der Waals surface area (Å²) < 4.78 is 0. The number of piperidine rings is 1. The Morgan fingerprint density at radius 1 is 1.29 bits per heavy atom. The molecule has 1 aliphatic heterocycles. The lowest BCUT2D eigenvalue weighted by Gasteiger charge is -2.32. The fourth-order valence-electron chi connectivity index (χ4n) is 2.31. The van der Waals surface area contributed by atoms with E-state index in [1.54, 1.807) is 0 Å². The summed E-state index contributed by atoms with van der Waals surface area (Å²) in [6.45, 7) is 4.87. The van der Waals surface area contributed by atoms with Gasteiger partial charge >= 0.3 is 0 Å². The van der Waals surface area contributed by atoms with Gasteiger partial charge in [-0.15, -0.1) is 0 Å². The van der Waals surface area contributed by atoms with Crippen LogP contribution >= 0.6 is 0 Å². The molecule has 1 unspecified atom stereocenters. The van der Waals surface area contributed by atoms with Crippen molar-refractivity contribution in [1.82, 2.24) is 0 Å². The van der Waals surface area contributed by atoms with Gasteiger partial charge in [0, 0.05) is 25.3 Å². The number of nitrogens with two attached hydrogens (primary N) is 1. The highest BCUT2D eigenvalue weighted by atomic mass is 16.3. The van der Waals surface area contributed by atoms with Crippen molar-refractivity contribution in [2.24, 2.45) is 11.7 Å². The quantitative estimate of drug-likeness (QED) is 0.840. The molecule has 1 fully saturated rings. The highest BCUT2D eigenvalue weighted by Gasteiger charge is 2.16. The minimum absolute atomic E-state index is 0.278. The first-order valence-electron chi connectivity index (χ1n) is 6.43. The molecular formula is C14H22N2O. The summed E-state index contributed by atoms with van der Waals surface area (Å²) >= 11 is 0. The van der Waals surface area contributed by atoms with E-state index in [0.29, 0.717) is 0 Å². The molecule has 1 heterocycles. The number of nitrogens with zero attached hydrogens (tertiary/aromatic N) is 1. The van der Waals surface area contributed by atoms with Crippen LogP contribution in [0.15, 0.2) is 24.3 Å². The molecule has 0 radical (unpaired) electrons. The van der Waals surface area contributed by atoms with Gasteiger partial charge in [-0.1, -0.05) is 19.1 Å². The second-order valence-corrected chi connectivity index (χ2v) is 5.01. The molecule has 3 nitrogen and oxygen atoms in total. The zero-order valence-electron chi connectivity index (χ0n) is 10.5. The van der Waals surface area contributed by atoms with Crippen LogP contribution in [0.3, 0.4) is 0 Å². The van der Waals surface area contributed by atoms with Crippen LogP contribution in [0.5, 0.6) is 0 Å². The van der Waals surface area contributed by atoms with Gasteiger partial charge in [-0.2, -0.15) is 0 Å². The Hall–Kier alpha value is -1.06. The zero-order chi connectivity index (χ0) is 12.3. The highest BCUT2D eigenvalue weighted by molar-refractivity contribution is 5.48. The summed E-state index contributed by atoms with van der Waals surface area (Å²) in [5.41, 5.74) is 7.60. The van der Waals surface area contributed by atoms with Crippen molar-refractivity contribution in [1.29, 1.82) is 0 Å². The molecular weight excluding hydrogens is 212 g/mol. The van der Waals surface area contributed by atoms with Crippen LogP contribution in [0, 0.1) is 5.92 Å². The van der Waals surface area contributed by atoms with Crippen LogP contribution in [0.1, 0.15) is 31.4 Å². The fraction of sp³-hybridized carbons (Fsp3) is 0.571. The maximum absolute atomic E-state index is 9.63. The summed E-state index contributed by atoms with van der Waals surface area (Å²) in [5.74, 6) is 0.851. The Balaban J connectivity index is 2.02. The Bertz CT molecular complexity index is 342. The molecule has 3 N–H and O–H groups in total. The van der Waals surface area contributed by atoms with Crippen LogP contribution < -0.4 is 10.6 Å². The molecule has 17 heavy (non-hydrogen) atoms. The SMILES string of the molecule is CC1CCN(c2ccc(C(O)CN)cc2)CC1. The van der Waals surface area contributed by atoms with E-state index in [2.05, 4.69) is 24.0 Å². The fourth-order valence-corrected chi connectivity index (χ4v) is 2.31. The largest absolute Gasteiger partial charge is 0.387 e. The van der Waals surface area contributed by atoms with Crippen molar-refractivity contribution >= 4 is 5.69 Å². The van der Waals surface area contributed by atoms with Crippen LogP contribution in [-0.4, -0.2) is 24.7 Å². The monoisotopic (exact) mass is 234 g/mol. The molecule has 1 aromatic carbocycles. The Labute approximate surface area is 103 Å². The van der Waals surface area contributed by atoms with Gasteiger partial charge in [0.05, 0.1) is 6.10 Å². The molecule has 0 bridgehead atoms. The van der Waals surface area contributed by atoms with Crippen molar-refractivity contribution in [2.75, 3.05) is 24.5 Å². The second kappa shape index (κ2) is 5.52. The van der Waals surface area contributed by atoms with Gasteiger partial charge in [-0.3, -0.25) is 0 Å². The third-order valence-electron chi connectivity index (χ3n) is 3.65. The van der Waals surface area contributed by atoms with Crippen LogP contribution in [0.25, 0.3) is 0 Å². The van der Waals surface area contributed by atoms with Crippen molar-refractivity contribution in [2.45, 2.75) is 25.9 Å². The summed E-state index contributed by atoms with van der Waals surface area (Å²) in [5, 5.41) is 9.63. The normalized spacial score (nSPS) is 19.4. The standard InChI is InChI=1S/C14H22N2O/c1-11-6-8-16(9-7-11)13-4-2-12(3-5-13)14(17)10-15/h2-5,11,14,17H,6-10,15H2,1H3. The number of benzene rings is 1. The van der Waals surface area contributed by atoms with Crippen molar-refractivity contribution < 1.29 is 5.11 Å². The van der Waals surface area contributed by atoms with E-state index in [4.69, 9.17) is 5.73 Å². The molecule has 2 rings (SSSR count). The van der Waals surface area contributed by atoms with Crippen LogP contribution in [0.2, 0.25) is 0 Å². The molecule has 0 spiro atoms. The smallest absolute Gasteiger partial charge is 0.0912 e. The maximum Gasteiger partial charge on any atom is 0.0912 e. The maximum atomic E-state index is 9.63. The number of aliphatic hydroxyl groups is 1. The summed E-state index contributed by atoms with van der Waals surface area (Å²) in [4.78, 5) is 2.42. The van der Waals surface area contributed by atoms with E-state index in [1.165, 1.54) is 18.5 Å². The Morgan fingerprint density at radius 2 is 1.88 bits per heavy atom. The van der Waals surface area contributed by atoms with Gasteiger partial charge in [-0.25, -0.2) is 0 Å². The van der Waals surface area contributed by atoms with E-state index in [-0.39, 0.29) is 6.54 Å². The summed E-state index contributed by atoms with van der Waals surface area (Å²) in [6, 6.07) is 8.13. The molecule has 1 saturated heterocycles. The number of aliphatic hydroxyl groups excluding tert-OH is 1. The Morgan fingerprint density at radius 3 is 2.41 bits per heavy atom. The lowest BCUT2D eigenvalue weighted by atomic mass is 9.98. The summed E-state index contributed by atoms with van der Waals surface area (Å²) in [6.07, 6.45) is 2.01. The third kappa shape index (κ3) is 2.99. The first-order valence-corrected chi connectivity index (χ1v) is 6.43. The third-order valence-corrected chi connectivity index (χ3v) is 3.65. The predicted octanol–water partition coefficient (Wildman–Crippen LogP) is 1.92. The van der Waals surface area contributed by atoms with E-state index >= 15 is 0 Å². The van der Waals surface area contributed by atoms with Crippen molar-refractivity contribution in [3.05, 3.63) is 29.8 Å². The number of hydrogen-bond acceptors (Lipinski definition) is 3.